The highest BCUT2D eigenvalue weighted by molar-refractivity contribution is 7.99. The number of hydrogen-bond acceptors (Lipinski definition) is 1. The molecule has 1 saturated carbocycles. The lowest BCUT2D eigenvalue weighted by Gasteiger charge is -2.26. The minimum Gasteiger partial charge on any atom is -0.198 e. The third-order valence-corrected chi connectivity index (χ3v) is 5.55. The Kier molecular flexibility index (Phi) is 6.15. The van der Waals surface area contributed by atoms with Crippen molar-refractivity contribution >= 4 is 11.8 Å². The first-order valence-corrected chi connectivity index (χ1v) is 9.65. The molecule has 0 aromatic heterocycles. The van der Waals surface area contributed by atoms with Crippen molar-refractivity contribution in [1.82, 2.24) is 0 Å². The molecule has 0 heterocycles. The third kappa shape index (κ3) is 5.34. The second-order valence-corrected chi connectivity index (χ2v) is 7.80. The normalized spacial score (nSPS) is 20.2. The van der Waals surface area contributed by atoms with Crippen molar-refractivity contribution in [3.63, 3.8) is 0 Å². The van der Waals surface area contributed by atoms with Crippen LogP contribution in [0, 0.1) is 17.8 Å². The number of alkyl halides is 2. The molecule has 0 amide bonds. The van der Waals surface area contributed by atoms with Gasteiger partial charge in [0.25, 0.3) is 5.76 Å². The van der Waals surface area contributed by atoms with Crippen LogP contribution >= 0.6 is 11.8 Å². The minimum absolute atomic E-state index is 0.555. The highest BCUT2D eigenvalue weighted by atomic mass is 32.2. The van der Waals surface area contributed by atoms with E-state index in [1.165, 1.54) is 31.2 Å². The fourth-order valence-corrected chi connectivity index (χ4v) is 3.80. The quantitative estimate of drug-likeness (QED) is 0.436. The Bertz CT molecular complexity index is 730. The van der Waals surface area contributed by atoms with Gasteiger partial charge in [0.05, 0.1) is 0 Å². The predicted molar refractivity (Wildman–Crippen MR) is 101 cm³/mol. The van der Waals surface area contributed by atoms with Gasteiger partial charge in [-0.25, -0.2) is 0 Å². The summed E-state index contributed by atoms with van der Waals surface area (Å²) in [5, 5.41) is 0. The molecule has 0 radical (unpaired) electrons. The lowest BCUT2D eigenvalue weighted by molar-refractivity contribution is 0.252. The molecule has 25 heavy (non-hydrogen) atoms. The topological polar surface area (TPSA) is 0 Å². The van der Waals surface area contributed by atoms with E-state index >= 15 is 0 Å². The first-order chi connectivity index (χ1) is 12.1. The average Bonchev–Trinajstić information content (AvgIpc) is 2.62. The predicted octanol–water partition coefficient (Wildman–Crippen LogP) is 6.69. The molecule has 3 rings (SSSR count). The van der Waals surface area contributed by atoms with E-state index in [0.717, 1.165) is 17.0 Å². The summed E-state index contributed by atoms with van der Waals surface area (Å²) in [4.78, 5) is 0.562. The Labute approximate surface area is 153 Å². The van der Waals surface area contributed by atoms with Crippen LogP contribution in [-0.4, -0.2) is 5.76 Å². The third-order valence-electron chi connectivity index (χ3n) is 4.83. The van der Waals surface area contributed by atoms with Crippen molar-refractivity contribution in [2.75, 3.05) is 0 Å². The van der Waals surface area contributed by atoms with Gasteiger partial charge in [-0.15, -0.1) is 0 Å². The van der Waals surface area contributed by atoms with E-state index in [-0.39, 0.29) is 0 Å². The highest BCUT2D eigenvalue weighted by Crippen LogP contribution is 2.35. The van der Waals surface area contributed by atoms with Crippen LogP contribution in [0.2, 0.25) is 0 Å². The van der Waals surface area contributed by atoms with Gasteiger partial charge in [-0.1, -0.05) is 55.5 Å². The highest BCUT2D eigenvalue weighted by Gasteiger charge is 2.19. The lowest BCUT2D eigenvalue weighted by Crippen LogP contribution is -2.10. The molecule has 130 valence electrons. The van der Waals surface area contributed by atoms with Crippen LogP contribution in [0.4, 0.5) is 8.78 Å². The zero-order valence-electron chi connectivity index (χ0n) is 14.3. The van der Waals surface area contributed by atoms with Crippen molar-refractivity contribution in [3.8, 4) is 11.8 Å². The SMILES string of the molecule is C[C@H]1CC[C@H](c2ccc(C#Cc3ccc(SC(F)F)cc3)cc2)CC1. The largest absolute Gasteiger partial charge is 0.288 e. The Hall–Kier alpha value is -1.79. The summed E-state index contributed by atoms with van der Waals surface area (Å²) in [6.45, 7) is 2.34. The Balaban J connectivity index is 1.63. The van der Waals surface area contributed by atoms with Gasteiger partial charge < -0.3 is 0 Å². The molecule has 0 unspecified atom stereocenters. The van der Waals surface area contributed by atoms with E-state index < -0.39 is 5.76 Å². The molecular formula is C22H22F2S. The van der Waals surface area contributed by atoms with Gasteiger partial charge in [0.1, 0.15) is 0 Å². The molecular weight excluding hydrogens is 334 g/mol. The molecule has 0 aliphatic heterocycles. The van der Waals surface area contributed by atoms with Crippen LogP contribution in [0.1, 0.15) is 55.2 Å². The molecule has 2 aromatic carbocycles. The minimum atomic E-state index is -2.39. The molecule has 1 fully saturated rings. The monoisotopic (exact) mass is 356 g/mol. The number of benzene rings is 2. The molecule has 1 aliphatic rings. The molecule has 0 saturated heterocycles. The van der Waals surface area contributed by atoms with Crippen molar-refractivity contribution in [1.29, 1.82) is 0 Å². The maximum absolute atomic E-state index is 12.3. The van der Waals surface area contributed by atoms with E-state index in [1.54, 1.807) is 24.3 Å². The Morgan fingerprint density at radius 3 is 1.88 bits per heavy atom. The van der Waals surface area contributed by atoms with Crippen molar-refractivity contribution < 1.29 is 8.78 Å². The van der Waals surface area contributed by atoms with Gasteiger partial charge in [-0.2, -0.15) is 8.78 Å². The van der Waals surface area contributed by atoms with Crippen LogP contribution < -0.4 is 0 Å². The summed E-state index contributed by atoms with van der Waals surface area (Å²) in [6, 6.07) is 15.5. The lowest BCUT2D eigenvalue weighted by atomic mass is 9.79. The van der Waals surface area contributed by atoms with Crippen LogP contribution in [-0.2, 0) is 0 Å². The van der Waals surface area contributed by atoms with Crippen molar-refractivity contribution in [3.05, 3.63) is 65.2 Å². The number of thioether (sulfide) groups is 1. The maximum atomic E-state index is 12.3. The molecule has 0 spiro atoms. The van der Waals surface area contributed by atoms with E-state index in [9.17, 15) is 8.78 Å². The van der Waals surface area contributed by atoms with E-state index in [0.29, 0.717) is 22.6 Å². The first kappa shape index (κ1) is 18.0. The smallest absolute Gasteiger partial charge is 0.198 e. The number of rotatable bonds is 3. The zero-order valence-corrected chi connectivity index (χ0v) is 15.2. The van der Waals surface area contributed by atoms with E-state index in [2.05, 4.69) is 43.0 Å². The van der Waals surface area contributed by atoms with Gasteiger partial charge in [0.15, 0.2) is 0 Å². The van der Waals surface area contributed by atoms with Crippen molar-refractivity contribution in [2.45, 2.75) is 49.2 Å². The Morgan fingerprint density at radius 1 is 0.840 bits per heavy atom. The molecule has 1 aliphatic carbocycles. The van der Waals surface area contributed by atoms with E-state index in [1.807, 2.05) is 0 Å². The van der Waals surface area contributed by atoms with Crippen LogP contribution in [0.3, 0.4) is 0 Å². The Morgan fingerprint density at radius 2 is 1.36 bits per heavy atom. The summed E-state index contributed by atoms with van der Waals surface area (Å²) >= 11 is 0.555. The average molecular weight is 356 g/mol. The van der Waals surface area contributed by atoms with Gasteiger partial charge >= 0.3 is 0 Å². The summed E-state index contributed by atoms with van der Waals surface area (Å²) in [5.41, 5.74) is 3.24. The van der Waals surface area contributed by atoms with Crippen LogP contribution in [0.15, 0.2) is 53.4 Å². The van der Waals surface area contributed by atoms with Crippen LogP contribution in [0.5, 0.6) is 0 Å². The van der Waals surface area contributed by atoms with Gasteiger partial charge in [-0.05, 0) is 66.6 Å². The fourth-order valence-electron chi connectivity index (χ4n) is 3.30. The maximum Gasteiger partial charge on any atom is 0.288 e. The molecule has 2 aromatic rings. The first-order valence-electron chi connectivity index (χ1n) is 8.77. The fraction of sp³-hybridized carbons (Fsp3) is 0.364. The number of hydrogen-bond donors (Lipinski definition) is 0. The standard InChI is InChI=1S/C22H22F2S/c1-16-2-10-19(11-3-16)20-12-6-17(7-13-20)4-5-18-8-14-21(15-9-18)25-22(23)24/h6-9,12-16,19,22H,2-3,10-11H2,1H3/t16-,19-. The van der Waals surface area contributed by atoms with Gasteiger partial charge in [0, 0.05) is 16.0 Å². The van der Waals surface area contributed by atoms with E-state index in [4.69, 9.17) is 0 Å². The summed E-state index contributed by atoms with van der Waals surface area (Å²) in [6.07, 6.45) is 5.22. The zero-order chi connectivity index (χ0) is 17.6. The summed E-state index contributed by atoms with van der Waals surface area (Å²) in [7, 11) is 0. The van der Waals surface area contributed by atoms with Gasteiger partial charge in [-0.3, -0.25) is 0 Å². The molecule has 3 heteroatoms. The van der Waals surface area contributed by atoms with Crippen molar-refractivity contribution in [2.24, 2.45) is 5.92 Å². The second kappa shape index (κ2) is 8.54. The molecule has 0 atom stereocenters. The second-order valence-electron chi connectivity index (χ2n) is 6.73. The molecule has 0 bridgehead atoms. The number of halogens is 2. The molecule has 0 nitrogen and oxygen atoms in total. The summed E-state index contributed by atoms with van der Waals surface area (Å²) < 4.78 is 24.6. The van der Waals surface area contributed by atoms with Gasteiger partial charge in [0.2, 0.25) is 0 Å². The summed E-state index contributed by atoms with van der Waals surface area (Å²) in [5.74, 6) is 5.43. The molecule has 0 N–H and O–H groups in total. The van der Waals surface area contributed by atoms with Crippen LogP contribution in [0.25, 0.3) is 0 Å².